The van der Waals surface area contributed by atoms with Crippen molar-refractivity contribution in [3.63, 3.8) is 0 Å². The summed E-state index contributed by atoms with van der Waals surface area (Å²) in [6.07, 6.45) is 2.57. The molecule has 0 aromatic heterocycles. The van der Waals surface area contributed by atoms with Gasteiger partial charge in [0.2, 0.25) is 0 Å². The standard InChI is InChI=1S/C14H20N2OS/c1-10-5-6-13(12(8-10)14(15)18)16-7-3-4-11(9-16)17-2/h5-6,8,11H,3-4,7,9H2,1-2H3,(H2,15,18). The van der Waals surface area contributed by atoms with Crippen molar-refractivity contribution >= 4 is 22.9 Å². The molecule has 0 spiro atoms. The van der Waals surface area contributed by atoms with Crippen LogP contribution >= 0.6 is 12.2 Å². The Kier molecular flexibility index (Phi) is 4.19. The number of thiocarbonyl (C=S) groups is 1. The number of aryl methyl sites for hydroxylation is 1. The second kappa shape index (κ2) is 5.67. The summed E-state index contributed by atoms with van der Waals surface area (Å²) >= 11 is 5.16. The number of hydrogen-bond donors (Lipinski definition) is 1. The summed E-state index contributed by atoms with van der Waals surface area (Å²) in [5.74, 6) is 0. The predicted molar refractivity (Wildman–Crippen MR) is 79.3 cm³/mol. The highest BCUT2D eigenvalue weighted by Gasteiger charge is 2.21. The summed E-state index contributed by atoms with van der Waals surface area (Å²) in [5.41, 5.74) is 9.12. The zero-order valence-electron chi connectivity index (χ0n) is 11.0. The Morgan fingerprint density at radius 2 is 2.28 bits per heavy atom. The van der Waals surface area contributed by atoms with Gasteiger partial charge in [0.15, 0.2) is 0 Å². The van der Waals surface area contributed by atoms with Crippen molar-refractivity contribution in [3.8, 4) is 0 Å². The van der Waals surface area contributed by atoms with Crippen molar-refractivity contribution < 1.29 is 4.74 Å². The van der Waals surface area contributed by atoms with E-state index in [-0.39, 0.29) is 0 Å². The smallest absolute Gasteiger partial charge is 0.106 e. The van der Waals surface area contributed by atoms with Crippen LogP contribution in [-0.2, 0) is 4.74 Å². The van der Waals surface area contributed by atoms with Gasteiger partial charge in [-0.3, -0.25) is 0 Å². The van der Waals surface area contributed by atoms with Crippen LogP contribution in [0.1, 0.15) is 24.0 Å². The second-order valence-corrected chi connectivity index (χ2v) is 5.27. The van der Waals surface area contributed by atoms with Gasteiger partial charge in [-0.05, 0) is 31.9 Å². The maximum Gasteiger partial charge on any atom is 0.106 e. The first kappa shape index (κ1) is 13.3. The largest absolute Gasteiger partial charge is 0.389 e. The summed E-state index contributed by atoms with van der Waals surface area (Å²) < 4.78 is 5.46. The van der Waals surface area contributed by atoms with Crippen molar-refractivity contribution in [2.24, 2.45) is 5.73 Å². The molecule has 18 heavy (non-hydrogen) atoms. The first-order chi connectivity index (χ1) is 8.61. The number of anilines is 1. The van der Waals surface area contributed by atoms with Crippen LogP contribution in [0.15, 0.2) is 18.2 Å². The van der Waals surface area contributed by atoms with Crippen molar-refractivity contribution in [3.05, 3.63) is 29.3 Å². The number of ether oxygens (including phenoxy) is 1. The molecule has 2 rings (SSSR count). The van der Waals surface area contributed by atoms with Crippen molar-refractivity contribution in [1.29, 1.82) is 0 Å². The fourth-order valence-electron chi connectivity index (χ4n) is 2.47. The fraction of sp³-hybridized carbons (Fsp3) is 0.500. The van der Waals surface area contributed by atoms with E-state index in [2.05, 4.69) is 30.0 Å². The van der Waals surface area contributed by atoms with Gasteiger partial charge < -0.3 is 15.4 Å². The first-order valence-electron chi connectivity index (χ1n) is 6.30. The molecular formula is C14H20N2OS. The SMILES string of the molecule is COC1CCCN(c2ccc(C)cc2C(N)=S)C1. The van der Waals surface area contributed by atoms with Crippen LogP contribution in [0.2, 0.25) is 0 Å². The molecular weight excluding hydrogens is 244 g/mol. The number of methoxy groups -OCH3 is 1. The molecule has 0 aliphatic carbocycles. The number of rotatable bonds is 3. The highest BCUT2D eigenvalue weighted by Crippen LogP contribution is 2.26. The van der Waals surface area contributed by atoms with Crippen molar-refractivity contribution in [1.82, 2.24) is 0 Å². The van der Waals surface area contributed by atoms with E-state index in [1.54, 1.807) is 7.11 Å². The van der Waals surface area contributed by atoms with Gasteiger partial charge in [0.05, 0.1) is 6.10 Å². The van der Waals surface area contributed by atoms with Gasteiger partial charge in [-0.1, -0.05) is 23.8 Å². The summed E-state index contributed by atoms with van der Waals surface area (Å²) in [6, 6.07) is 6.28. The highest BCUT2D eigenvalue weighted by atomic mass is 32.1. The third-order valence-corrected chi connectivity index (χ3v) is 3.69. The van der Waals surface area contributed by atoms with E-state index in [9.17, 15) is 0 Å². The Labute approximate surface area is 114 Å². The maximum absolute atomic E-state index is 5.83. The molecule has 1 unspecified atom stereocenters. The lowest BCUT2D eigenvalue weighted by Crippen LogP contribution is -2.40. The minimum atomic E-state index is 0.305. The zero-order chi connectivity index (χ0) is 13.1. The lowest BCUT2D eigenvalue weighted by Gasteiger charge is -2.34. The summed E-state index contributed by atoms with van der Waals surface area (Å²) in [4.78, 5) is 2.79. The molecule has 0 amide bonds. The molecule has 4 heteroatoms. The highest BCUT2D eigenvalue weighted by molar-refractivity contribution is 7.80. The average molecular weight is 264 g/mol. The molecule has 0 bridgehead atoms. The van der Waals surface area contributed by atoms with Gasteiger partial charge in [0.25, 0.3) is 0 Å². The molecule has 2 N–H and O–H groups in total. The van der Waals surface area contributed by atoms with Gasteiger partial charge in [0.1, 0.15) is 4.99 Å². The Morgan fingerprint density at radius 3 is 2.94 bits per heavy atom. The van der Waals surface area contributed by atoms with Crippen molar-refractivity contribution in [2.45, 2.75) is 25.9 Å². The molecule has 1 saturated heterocycles. The Bertz CT molecular complexity index is 447. The van der Waals surface area contributed by atoms with Gasteiger partial charge in [-0.15, -0.1) is 0 Å². The second-order valence-electron chi connectivity index (χ2n) is 4.83. The van der Waals surface area contributed by atoms with Crippen LogP contribution in [0.4, 0.5) is 5.69 Å². The molecule has 1 aliphatic rings. The minimum absolute atomic E-state index is 0.305. The van der Waals surface area contributed by atoms with E-state index in [1.165, 1.54) is 5.56 Å². The van der Waals surface area contributed by atoms with E-state index in [4.69, 9.17) is 22.7 Å². The number of hydrogen-bond acceptors (Lipinski definition) is 3. The van der Waals surface area contributed by atoms with Crippen LogP contribution in [0.3, 0.4) is 0 Å². The van der Waals surface area contributed by atoms with Crippen LogP contribution < -0.4 is 10.6 Å². The third kappa shape index (κ3) is 2.82. The van der Waals surface area contributed by atoms with E-state index < -0.39 is 0 Å². The Morgan fingerprint density at radius 1 is 1.50 bits per heavy atom. The van der Waals surface area contributed by atoms with Gasteiger partial charge in [-0.2, -0.15) is 0 Å². The predicted octanol–water partition coefficient (Wildman–Crippen LogP) is 2.24. The molecule has 1 aromatic rings. The zero-order valence-corrected chi connectivity index (χ0v) is 11.8. The Hall–Kier alpha value is -1.13. The van der Waals surface area contributed by atoms with E-state index in [0.29, 0.717) is 11.1 Å². The third-order valence-electron chi connectivity index (χ3n) is 3.47. The number of benzene rings is 1. The molecule has 0 saturated carbocycles. The number of nitrogens with two attached hydrogens (primary N) is 1. The molecule has 1 atom stereocenters. The summed E-state index contributed by atoms with van der Waals surface area (Å²) in [7, 11) is 1.78. The van der Waals surface area contributed by atoms with Gasteiger partial charge in [0, 0.05) is 31.5 Å². The van der Waals surface area contributed by atoms with Crippen LogP contribution in [0, 0.1) is 6.92 Å². The fourth-order valence-corrected chi connectivity index (χ4v) is 2.64. The van der Waals surface area contributed by atoms with Crippen LogP contribution in [-0.4, -0.2) is 31.3 Å². The normalized spacial score (nSPS) is 19.9. The lowest BCUT2D eigenvalue weighted by atomic mass is 10.0. The number of nitrogens with zero attached hydrogens (tertiary/aromatic N) is 1. The van der Waals surface area contributed by atoms with E-state index >= 15 is 0 Å². The monoisotopic (exact) mass is 264 g/mol. The molecule has 0 radical (unpaired) electrons. The molecule has 1 aliphatic heterocycles. The molecule has 3 nitrogen and oxygen atoms in total. The lowest BCUT2D eigenvalue weighted by molar-refractivity contribution is 0.0893. The Balaban J connectivity index is 2.29. The molecule has 1 aromatic carbocycles. The van der Waals surface area contributed by atoms with Crippen LogP contribution in [0.25, 0.3) is 0 Å². The van der Waals surface area contributed by atoms with Crippen molar-refractivity contribution in [2.75, 3.05) is 25.1 Å². The van der Waals surface area contributed by atoms with E-state index in [1.807, 2.05) is 0 Å². The molecule has 1 fully saturated rings. The summed E-state index contributed by atoms with van der Waals surface area (Å²) in [5, 5.41) is 0. The minimum Gasteiger partial charge on any atom is -0.389 e. The molecule has 98 valence electrons. The maximum atomic E-state index is 5.83. The van der Waals surface area contributed by atoms with Gasteiger partial charge in [-0.25, -0.2) is 0 Å². The summed E-state index contributed by atoms with van der Waals surface area (Å²) in [6.45, 7) is 4.01. The first-order valence-corrected chi connectivity index (χ1v) is 6.71. The quantitative estimate of drug-likeness (QED) is 0.850. The average Bonchev–Trinajstić information content (AvgIpc) is 2.38. The van der Waals surface area contributed by atoms with E-state index in [0.717, 1.165) is 37.2 Å². The molecule has 1 heterocycles. The topological polar surface area (TPSA) is 38.5 Å². The van der Waals surface area contributed by atoms with Gasteiger partial charge >= 0.3 is 0 Å². The number of piperidine rings is 1. The van der Waals surface area contributed by atoms with Crippen LogP contribution in [0.5, 0.6) is 0 Å².